The number of hydrogen-bond acceptors (Lipinski definition) is 2. The Balaban J connectivity index is 2.38. The molecule has 0 saturated heterocycles. The zero-order valence-electron chi connectivity index (χ0n) is 10.4. The summed E-state index contributed by atoms with van der Waals surface area (Å²) in [6.45, 7) is 0. The molecule has 0 atom stereocenters. The molecule has 0 aromatic heterocycles. The highest BCUT2D eigenvalue weighted by Crippen LogP contribution is 2.36. The van der Waals surface area contributed by atoms with Gasteiger partial charge in [0.25, 0.3) is 0 Å². The first-order chi connectivity index (χ1) is 10.2. The molecule has 9 heteroatoms. The van der Waals surface area contributed by atoms with E-state index in [9.17, 15) is 17.6 Å². The topological polar surface area (TPSA) is 0 Å². The Morgan fingerprint density at radius 3 is 2.00 bits per heavy atom. The molecule has 0 nitrogen and oxygen atoms in total. The van der Waals surface area contributed by atoms with E-state index in [1.807, 2.05) is 12.1 Å². The van der Waals surface area contributed by atoms with Gasteiger partial charge in [-0.2, -0.15) is 0 Å². The van der Waals surface area contributed by atoms with Gasteiger partial charge in [-0.05, 0) is 85.5 Å². The van der Waals surface area contributed by atoms with E-state index in [2.05, 4.69) is 80.4 Å². The summed E-state index contributed by atoms with van der Waals surface area (Å²) in [5.41, 5.74) is 0.844. The van der Waals surface area contributed by atoms with Crippen LogP contribution in [-0.2, 0) is 5.75 Å². The molecule has 0 fully saturated rings. The Morgan fingerprint density at radius 2 is 1.45 bits per heavy atom. The van der Waals surface area contributed by atoms with Crippen molar-refractivity contribution in [3.8, 4) is 0 Å². The van der Waals surface area contributed by atoms with E-state index in [-0.39, 0.29) is 5.75 Å². The fourth-order valence-electron chi connectivity index (χ4n) is 1.59. The lowest BCUT2D eigenvalue weighted by Gasteiger charge is -2.11. The lowest BCUT2D eigenvalue weighted by atomic mass is 10.2. The van der Waals surface area contributed by atoms with Crippen LogP contribution in [0.15, 0.2) is 21.9 Å². The van der Waals surface area contributed by atoms with E-state index in [4.69, 9.17) is 0 Å². The number of thiol groups is 1. The van der Waals surface area contributed by atoms with Crippen molar-refractivity contribution >= 4 is 92.2 Å². The molecule has 0 aliphatic heterocycles. The molecular formula is C13H5F4I3S2. The van der Waals surface area contributed by atoms with Crippen molar-refractivity contribution in [2.75, 3.05) is 0 Å². The van der Waals surface area contributed by atoms with Gasteiger partial charge >= 0.3 is 0 Å². The van der Waals surface area contributed by atoms with Crippen molar-refractivity contribution in [3.05, 3.63) is 51.7 Å². The van der Waals surface area contributed by atoms with Crippen LogP contribution < -0.4 is 0 Å². The van der Waals surface area contributed by atoms with E-state index in [1.165, 1.54) is 0 Å². The standard InChI is InChI=1S/C13H5F4I3S2/c14-7-9(16)13(10(17)8(15)12(7)21)22-3-4-1-5(18)2-6(19)11(4)20/h1-2,21H,3H2. The third-order valence-corrected chi connectivity index (χ3v) is 7.91. The minimum Gasteiger partial charge on any atom is -0.202 e. The van der Waals surface area contributed by atoms with Crippen LogP contribution in [0, 0.1) is 34.0 Å². The lowest BCUT2D eigenvalue weighted by molar-refractivity contribution is 0.401. The molecule has 0 bridgehead atoms. The van der Waals surface area contributed by atoms with Crippen LogP contribution in [0.3, 0.4) is 0 Å². The third-order valence-electron chi connectivity index (χ3n) is 2.64. The van der Waals surface area contributed by atoms with Crippen molar-refractivity contribution in [2.45, 2.75) is 15.5 Å². The maximum absolute atomic E-state index is 13.8. The summed E-state index contributed by atoms with van der Waals surface area (Å²) < 4.78 is 57.5. The van der Waals surface area contributed by atoms with Gasteiger partial charge < -0.3 is 0 Å². The number of halogens is 7. The molecule has 0 amide bonds. The molecule has 0 aliphatic rings. The summed E-state index contributed by atoms with van der Waals surface area (Å²) in [5.74, 6) is -5.58. The summed E-state index contributed by atoms with van der Waals surface area (Å²) >= 11 is 10.6. The molecule has 2 aromatic carbocycles. The largest absolute Gasteiger partial charge is 0.202 e. The Kier molecular flexibility index (Phi) is 7.00. The second kappa shape index (κ2) is 7.95. The molecule has 0 N–H and O–H groups in total. The average molecular weight is 682 g/mol. The van der Waals surface area contributed by atoms with Crippen LogP contribution in [0.5, 0.6) is 0 Å². The van der Waals surface area contributed by atoms with Gasteiger partial charge in [0, 0.05) is 16.5 Å². The highest BCUT2D eigenvalue weighted by atomic mass is 127. The predicted octanol–water partition coefficient (Wildman–Crippen LogP) is 6.64. The summed E-state index contributed by atoms with van der Waals surface area (Å²) in [5, 5.41) is 0. The minimum absolute atomic E-state index is 0.198. The van der Waals surface area contributed by atoms with Gasteiger partial charge in [-0.15, -0.1) is 24.4 Å². The van der Waals surface area contributed by atoms with E-state index in [0.717, 1.165) is 28.0 Å². The molecule has 0 saturated carbocycles. The molecule has 2 aromatic rings. The smallest absolute Gasteiger partial charge is 0.176 e. The van der Waals surface area contributed by atoms with Crippen LogP contribution in [0.1, 0.15) is 5.56 Å². The van der Waals surface area contributed by atoms with Crippen LogP contribution in [0.4, 0.5) is 17.6 Å². The Hall–Kier alpha value is 1.05. The second-order valence-electron chi connectivity index (χ2n) is 4.08. The van der Waals surface area contributed by atoms with Gasteiger partial charge in [-0.25, -0.2) is 17.6 Å². The first-order valence-corrected chi connectivity index (χ1v) is 10.2. The Bertz CT molecular complexity index is 724. The maximum Gasteiger partial charge on any atom is 0.176 e. The van der Waals surface area contributed by atoms with E-state index in [0.29, 0.717) is 0 Å². The zero-order valence-corrected chi connectivity index (χ0v) is 18.5. The van der Waals surface area contributed by atoms with Crippen molar-refractivity contribution in [3.63, 3.8) is 0 Å². The summed E-state index contributed by atoms with van der Waals surface area (Å²) in [4.78, 5) is -1.62. The molecule has 0 unspecified atom stereocenters. The van der Waals surface area contributed by atoms with Crippen LogP contribution in [0.25, 0.3) is 0 Å². The van der Waals surface area contributed by atoms with E-state index < -0.39 is 33.1 Å². The van der Waals surface area contributed by atoms with Crippen molar-refractivity contribution in [1.82, 2.24) is 0 Å². The molecule has 22 heavy (non-hydrogen) atoms. The number of rotatable bonds is 3. The fraction of sp³-hybridized carbons (Fsp3) is 0.0769. The average Bonchev–Trinajstić information content (AvgIpc) is 2.47. The highest BCUT2D eigenvalue weighted by Gasteiger charge is 2.24. The maximum atomic E-state index is 13.8. The van der Waals surface area contributed by atoms with Gasteiger partial charge in [0.05, 0.1) is 9.79 Å². The monoisotopic (exact) mass is 682 g/mol. The van der Waals surface area contributed by atoms with Gasteiger partial charge in [0.1, 0.15) is 0 Å². The summed E-state index contributed by atoms with van der Waals surface area (Å²) in [7, 11) is 0. The number of hydrogen-bond donors (Lipinski definition) is 1. The van der Waals surface area contributed by atoms with Gasteiger partial charge in [-0.3, -0.25) is 0 Å². The SMILES string of the molecule is Fc1c(F)c(SCc2cc(I)cc(I)c2I)c(F)c(F)c1S. The summed E-state index contributed by atoms with van der Waals surface area (Å²) in [6, 6.07) is 3.83. The molecule has 0 radical (unpaired) electrons. The quantitative estimate of drug-likeness (QED) is 0.125. The Labute approximate surface area is 175 Å². The number of thioether (sulfide) groups is 1. The predicted molar refractivity (Wildman–Crippen MR) is 108 cm³/mol. The van der Waals surface area contributed by atoms with Crippen molar-refractivity contribution < 1.29 is 17.6 Å². The molecule has 118 valence electrons. The molecule has 2 rings (SSSR count). The second-order valence-corrected chi connectivity index (χ2v) is 9.00. The molecule has 0 aliphatic carbocycles. The van der Waals surface area contributed by atoms with Crippen molar-refractivity contribution in [1.29, 1.82) is 0 Å². The fourth-order valence-corrected chi connectivity index (χ4v) is 5.47. The molecule has 0 heterocycles. The minimum atomic E-state index is -1.48. The van der Waals surface area contributed by atoms with E-state index in [1.54, 1.807) is 0 Å². The van der Waals surface area contributed by atoms with E-state index >= 15 is 0 Å². The first-order valence-electron chi connectivity index (χ1n) is 5.55. The van der Waals surface area contributed by atoms with Crippen molar-refractivity contribution in [2.24, 2.45) is 0 Å². The zero-order chi connectivity index (χ0) is 16.6. The number of benzene rings is 2. The molecular weight excluding hydrogens is 677 g/mol. The van der Waals surface area contributed by atoms with Gasteiger partial charge in [-0.1, -0.05) is 0 Å². The van der Waals surface area contributed by atoms with Gasteiger partial charge in [0.2, 0.25) is 0 Å². The van der Waals surface area contributed by atoms with Crippen LogP contribution in [-0.4, -0.2) is 0 Å². The highest BCUT2D eigenvalue weighted by molar-refractivity contribution is 14.1. The normalized spacial score (nSPS) is 11.1. The third kappa shape index (κ3) is 3.99. The summed E-state index contributed by atoms with van der Waals surface area (Å²) in [6.07, 6.45) is 0. The Morgan fingerprint density at radius 1 is 0.909 bits per heavy atom. The van der Waals surface area contributed by atoms with Crippen LogP contribution >= 0.6 is 92.2 Å². The molecule has 0 spiro atoms. The van der Waals surface area contributed by atoms with Gasteiger partial charge in [0.15, 0.2) is 23.3 Å². The lowest BCUT2D eigenvalue weighted by Crippen LogP contribution is -2.01. The van der Waals surface area contributed by atoms with Crippen LogP contribution in [0.2, 0.25) is 0 Å². The first kappa shape index (κ1) is 19.4.